The van der Waals surface area contributed by atoms with Crippen LogP contribution in [0.2, 0.25) is 0 Å². The summed E-state index contributed by atoms with van der Waals surface area (Å²) in [5, 5.41) is 9.28. The number of aliphatic hydroxyl groups excluding tert-OH is 1. The zero-order chi connectivity index (χ0) is 19.2. The number of nitrogens with two attached hydrogens (primary N) is 1. The highest BCUT2D eigenvalue weighted by atomic mass is 16.5. The van der Waals surface area contributed by atoms with Crippen molar-refractivity contribution in [2.75, 3.05) is 46.1 Å². The summed E-state index contributed by atoms with van der Waals surface area (Å²) in [6.07, 6.45) is 1.48. The zero-order valence-electron chi connectivity index (χ0n) is 15.2. The molecule has 3 rings (SSSR count). The predicted octanol–water partition coefficient (Wildman–Crippen LogP) is -0.0585. The Balaban J connectivity index is 1.93. The summed E-state index contributed by atoms with van der Waals surface area (Å²) in [6, 6.07) is 5.72. The van der Waals surface area contributed by atoms with Gasteiger partial charge in [0.05, 0.1) is 38.6 Å². The van der Waals surface area contributed by atoms with Gasteiger partial charge in [-0.2, -0.15) is 0 Å². The lowest BCUT2D eigenvalue weighted by Gasteiger charge is -2.26. The van der Waals surface area contributed by atoms with Crippen LogP contribution in [-0.4, -0.2) is 66.6 Å². The first-order chi connectivity index (χ1) is 13.1. The summed E-state index contributed by atoms with van der Waals surface area (Å²) < 4.78 is 12.5. The Bertz CT molecular complexity index is 858. The predicted molar refractivity (Wildman–Crippen MR) is 101 cm³/mol. The van der Waals surface area contributed by atoms with E-state index in [-0.39, 0.29) is 24.2 Å². The molecule has 0 atom stereocenters. The monoisotopic (exact) mass is 375 g/mol. The van der Waals surface area contributed by atoms with Crippen LogP contribution in [0.4, 0.5) is 0 Å². The second kappa shape index (κ2) is 9.09. The van der Waals surface area contributed by atoms with E-state index in [9.17, 15) is 9.59 Å². The maximum atomic E-state index is 12.7. The number of primary amides is 1. The average molecular weight is 375 g/mol. The Morgan fingerprint density at radius 2 is 2.04 bits per heavy atom. The van der Waals surface area contributed by atoms with Crippen LogP contribution >= 0.6 is 0 Å². The van der Waals surface area contributed by atoms with E-state index in [4.69, 9.17) is 20.3 Å². The highest BCUT2D eigenvalue weighted by Crippen LogP contribution is 2.16. The van der Waals surface area contributed by atoms with Gasteiger partial charge in [0, 0.05) is 37.8 Å². The molecule has 8 heteroatoms. The first-order valence-corrected chi connectivity index (χ1v) is 9.04. The Hall–Kier alpha value is -2.26. The summed E-state index contributed by atoms with van der Waals surface area (Å²) >= 11 is 0. The molecule has 0 unspecified atom stereocenters. The van der Waals surface area contributed by atoms with E-state index in [0.29, 0.717) is 31.8 Å². The number of aromatic nitrogens is 1. The van der Waals surface area contributed by atoms with Gasteiger partial charge in [-0.1, -0.05) is 6.07 Å². The molecule has 1 aromatic carbocycles. The third kappa shape index (κ3) is 4.72. The molecule has 1 aliphatic rings. The number of pyridine rings is 1. The summed E-state index contributed by atoms with van der Waals surface area (Å²) in [4.78, 5) is 26.7. The topological polar surface area (TPSA) is 107 Å². The quantitative estimate of drug-likeness (QED) is 0.626. The standard InChI is InChI=1S/C19H25N3O5/c20-19(25)16-13-22(5-9-27-10-6-23)17-2-1-14(11-15(17)18(16)24)12-21-3-7-26-8-4-21/h1-2,11,13,23H,3-10,12H2,(H2,20,25). The molecule has 2 heterocycles. The number of ether oxygens (including phenoxy) is 2. The van der Waals surface area contributed by atoms with Gasteiger partial charge >= 0.3 is 0 Å². The van der Waals surface area contributed by atoms with Crippen molar-refractivity contribution in [1.29, 1.82) is 0 Å². The molecule has 0 bridgehead atoms. The molecule has 0 saturated carbocycles. The molecule has 1 aromatic heterocycles. The van der Waals surface area contributed by atoms with Gasteiger partial charge in [0.25, 0.3) is 5.91 Å². The number of hydrogen-bond donors (Lipinski definition) is 2. The lowest BCUT2D eigenvalue weighted by Crippen LogP contribution is -2.35. The molecule has 1 aliphatic heterocycles. The van der Waals surface area contributed by atoms with Gasteiger partial charge in [-0.3, -0.25) is 14.5 Å². The molecule has 0 spiro atoms. The van der Waals surface area contributed by atoms with E-state index >= 15 is 0 Å². The van der Waals surface area contributed by atoms with Gasteiger partial charge in [-0.05, 0) is 17.7 Å². The van der Waals surface area contributed by atoms with Crippen molar-refractivity contribution in [3.05, 3.63) is 45.7 Å². The van der Waals surface area contributed by atoms with E-state index in [0.717, 1.165) is 30.7 Å². The molecule has 1 saturated heterocycles. The van der Waals surface area contributed by atoms with Gasteiger partial charge in [0.2, 0.25) is 5.43 Å². The highest BCUT2D eigenvalue weighted by molar-refractivity contribution is 5.96. The molecule has 0 radical (unpaired) electrons. The molecular formula is C19H25N3O5. The summed E-state index contributed by atoms with van der Waals surface area (Å²) in [5.41, 5.74) is 6.74. The number of hydrogen-bond acceptors (Lipinski definition) is 6. The van der Waals surface area contributed by atoms with Crippen LogP contribution in [-0.2, 0) is 22.6 Å². The molecule has 1 fully saturated rings. The Labute approximate surface area is 157 Å². The number of morpholine rings is 1. The first-order valence-electron chi connectivity index (χ1n) is 9.04. The number of amides is 1. The average Bonchev–Trinajstić information content (AvgIpc) is 2.67. The Morgan fingerprint density at radius 1 is 1.26 bits per heavy atom. The second-order valence-electron chi connectivity index (χ2n) is 6.51. The fourth-order valence-corrected chi connectivity index (χ4v) is 3.25. The van der Waals surface area contributed by atoms with Crippen molar-refractivity contribution >= 4 is 16.8 Å². The largest absolute Gasteiger partial charge is 0.394 e. The van der Waals surface area contributed by atoms with Gasteiger partial charge in [0.1, 0.15) is 5.56 Å². The molecule has 0 aliphatic carbocycles. The highest BCUT2D eigenvalue weighted by Gasteiger charge is 2.15. The number of carbonyl (C=O) groups is 1. The molecule has 8 nitrogen and oxygen atoms in total. The lowest BCUT2D eigenvalue weighted by molar-refractivity contribution is 0.0342. The smallest absolute Gasteiger partial charge is 0.254 e. The summed E-state index contributed by atoms with van der Waals surface area (Å²) in [6.45, 7) is 4.83. The van der Waals surface area contributed by atoms with Crippen LogP contribution in [0.5, 0.6) is 0 Å². The molecule has 146 valence electrons. The number of nitrogens with zero attached hydrogens (tertiary/aromatic N) is 2. The zero-order valence-corrected chi connectivity index (χ0v) is 15.2. The van der Waals surface area contributed by atoms with Gasteiger partial charge in [-0.15, -0.1) is 0 Å². The van der Waals surface area contributed by atoms with E-state index in [1.165, 1.54) is 6.20 Å². The fraction of sp³-hybridized carbons (Fsp3) is 0.474. The summed E-state index contributed by atoms with van der Waals surface area (Å²) in [7, 11) is 0. The minimum atomic E-state index is -0.745. The minimum Gasteiger partial charge on any atom is -0.394 e. The first kappa shape index (κ1) is 19.5. The van der Waals surface area contributed by atoms with Crippen LogP contribution in [0, 0.1) is 0 Å². The number of fused-ring (bicyclic) bond motifs is 1. The van der Waals surface area contributed by atoms with Crippen LogP contribution in [0.25, 0.3) is 10.9 Å². The molecule has 27 heavy (non-hydrogen) atoms. The third-order valence-electron chi connectivity index (χ3n) is 4.63. The van der Waals surface area contributed by atoms with E-state index in [2.05, 4.69) is 4.90 Å². The molecular weight excluding hydrogens is 350 g/mol. The number of rotatable bonds is 8. The van der Waals surface area contributed by atoms with Gasteiger partial charge < -0.3 is 24.9 Å². The van der Waals surface area contributed by atoms with Gasteiger partial charge in [-0.25, -0.2) is 0 Å². The number of carbonyl (C=O) groups excluding carboxylic acids is 1. The van der Waals surface area contributed by atoms with Crippen molar-refractivity contribution in [3.8, 4) is 0 Å². The molecule has 1 amide bonds. The Kier molecular flexibility index (Phi) is 6.57. The van der Waals surface area contributed by atoms with Crippen molar-refractivity contribution in [1.82, 2.24) is 9.47 Å². The summed E-state index contributed by atoms with van der Waals surface area (Å²) in [5.74, 6) is -0.745. The molecule has 2 aromatic rings. The number of benzene rings is 1. The maximum absolute atomic E-state index is 12.7. The van der Waals surface area contributed by atoms with Crippen molar-refractivity contribution in [2.45, 2.75) is 13.1 Å². The maximum Gasteiger partial charge on any atom is 0.254 e. The normalized spacial score (nSPS) is 15.3. The van der Waals surface area contributed by atoms with Crippen molar-refractivity contribution in [2.24, 2.45) is 5.73 Å². The van der Waals surface area contributed by atoms with Crippen LogP contribution in [0.1, 0.15) is 15.9 Å². The number of aliphatic hydroxyl groups is 1. The van der Waals surface area contributed by atoms with Crippen molar-refractivity contribution < 1.29 is 19.4 Å². The van der Waals surface area contributed by atoms with Crippen LogP contribution in [0.3, 0.4) is 0 Å². The third-order valence-corrected chi connectivity index (χ3v) is 4.63. The minimum absolute atomic E-state index is 0.0341. The van der Waals surface area contributed by atoms with Gasteiger partial charge in [0.15, 0.2) is 0 Å². The van der Waals surface area contributed by atoms with E-state index in [1.54, 1.807) is 4.57 Å². The Morgan fingerprint density at radius 3 is 2.74 bits per heavy atom. The fourth-order valence-electron chi connectivity index (χ4n) is 3.25. The van der Waals surface area contributed by atoms with Crippen LogP contribution in [0.15, 0.2) is 29.2 Å². The SMILES string of the molecule is NC(=O)c1cn(CCOCCO)c2ccc(CN3CCOCC3)cc2c1=O. The molecule has 3 N–H and O–H groups in total. The van der Waals surface area contributed by atoms with E-state index in [1.807, 2.05) is 18.2 Å². The van der Waals surface area contributed by atoms with Crippen molar-refractivity contribution in [3.63, 3.8) is 0 Å². The lowest BCUT2D eigenvalue weighted by atomic mass is 10.1. The second-order valence-corrected chi connectivity index (χ2v) is 6.51. The van der Waals surface area contributed by atoms with E-state index < -0.39 is 5.91 Å². The van der Waals surface area contributed by atoms with Crippen LogP contribution < -0.4 is 11.2 Å².